The minimum Gasteiger partial charge on any atom is -0.496 e. The number of hydrogen-bond donors (Lipinski definition) is 0. The fourth-order valence-corrected chi connectivity index (χ4v) is 4.06. The lowest BCUT2D eigenvalue weighted by Gasteiger charge is -2.23. The number of ether oxygens (including phenoxy) is 1. The van der Waals surface area contributed by atoms with Gasteiger partial charge in [-0.3, -0.25) is 4.31 Å². The highest BCUT2D eigenvalue weighted by Gasteiger charge is 2.24. The molecule has 0 aliphatic carbocycles. The zero-order chi connectivity index (χ0) is 17.7. The second-order valence-electron chi connectivity index (χ2n) is 5.30. The zero-order valence-electron chi connectivity index (χ0n) is 14.0. The molecule has 5 nitrogen and oxygen atoms in total. The number of anilines is 1. The Balaban J connectivity index is 2.41. The van der Waals surface area contributed by atoms with E-state index in [1.807, 2.05) is 6.92 Å². The lowest BCUT2D eigenvalue weighted by atomic mass is 10.1. The fraction of sp³-hybridized carbons (Fsp3) is 0.278. The van der Waals surface area contributed by atoms with E-state index >= 15 is 0 Å². The lowest BCUT2D eigenvalue weighted by molar-refractivity contribution is 0.411. The molecule has 0 fully saturated rings. The van der Waals surface area contributed by atoms with Crippen molar-refractivity contribution < 1.29 is 13.2 Å². The Morgan fingerprint density at radius 2 is 1.83 bits per heavy atom. The van der Waals surface area contributed by atoms with Gasteiger partial charge in [-0.25, -0.2) is 8.42 Å². The summed E-state index contributed by atoms with van der Waals surface area (Å²) in [6, 6.07) is 13.9. The maximum atomic E-state index is 13.0. The van der Waals surface area contributed by atoms with Crippen molar-refractivity contribution in [2.75, 3.05) is 18.0 Å². The van der Waals surface area contributed by atoms with Crippen molar-refractivity contribution in [2.24, 2.45) is 0 Å². The number of benzene rings is 2. The van der Waals surface area contributed by atoms with Crippen molar-refractivity contribution in [3.63, 3.8) is 0 Å². The number of rotatable bonds is 6. The van der Waals surface area contributed by atoms with E-state index in [1.54, 1.807) is 56.5 Å². The number of sulfonamides is 1. The van der Waals surface area contributed by atoms with Crippen LogP contribution in [0.4, 0.5) is 5.69 Å². The first-order valence-corrected chi connectivity index (χ1v) is 9.01. The molecule has 0 heterocycles. The summed E-state index contributed by atoms with van der Waals surface area (Å²) in [5.74, 6) is 0.651. The highest BCUT2D eigenvalue weighted by Crippen LogP contribution is 2.27. The summed E-state index contributed by atoms with van der Waals surface area (Å²) in [5, 5.41) is 8.72. The molecule has 0 N–H and O–H groups in total. The van der Waals surface area contributed by atoms with Crippen LogP contribution in [0.2, 0.25) is 0 Å². The SMILES string of the molecule is CCN(c1ccc(CC#N)cc1)S(=O)(=O)c1ccc(OC)c(C)c1. The third-order valence-corrected chi connectivity index (χ3v) is 5.65. The molecular weight excluding hydrogens is 324 g/mol. The van der Waals surface area contributed by atoms with Gasteiger partial charge in [0.15, 0.2) is 0 Å². The van der Waals surface area contributed by atoms with Crippen LogP contribution in [0.5, 0.6) is 5.75 Å². The number of nitrogens with zero attached hydrogens (tertiary/aromatic N) is 2. The van der Waals surface area contributed by atoms with Crippen molar-refractivity contribution >= 4 is 15.7 Å². The maximum Gasteiger partial charge on any atom is 0.264 e. The summed E-state index contributed by atoms with van der Waals surface area (Å²) in [6.07, 6.45) is 0.302. The molecule has 24 heavy (non-hydrogen) atoms. The molecule has 2 aromatic rings. The third-order valence-electron chi connectivity index (χ3n) is 3.75. The molecule has 0 spiro atoms. The van der Waals surface area contributed by atoms with Crippen LogP contribution in [0.25, 0.3) is 0 Å². The second-order valence-corrected chi connectivity index (χ2v) is 7.16. The van der Waals surface area contributed by atoms with Crippen LogP contribution in [0, 0.1) is 18.3 Å². The Hall–Kier alpha value is -2.52. The largest absolute Gasteiger partial charge is 0.496 e. The van der Waals surface area contributed by atoms with E-state index in [-0.39, 0.29) is 4.90 Å². The molecule has 126 valence electrons. The van der Waals surface area contributed by atoms with E-state index in [0.29, 0.717) is 24.4 Å². The monoisotopic (exact) mass is 344 g/mol. The molecule has 0 unspecified atom stereocenters. The molecule has 0 bridgehead atoms. The Morgan fingerprint density at radius 3 is 2.33 bits per heavy atom. The van der Waals surface area contributed by atoms with Gasteiger partial charge in [0.1, 0.15) is 5.75 Å². The predicted molar refractivity (Wildman–Crippen MR) is 93.7 cm³/mol. The molecule has 2 rings (SSSR count). The number of nitriles is 1. The Kier molecular flexibility index (Phi) is 5.47. The summed E-state index contributed by atoms with van der Waals surface area (Å²) in [7, 11) is -2.11. The van der Waals surface area contributed by atoms with Gasteiger partial charge in [-0.05, 0) is 55.3 Å². The molecule has 6 heteroatoms. The minimum atomic E-state index is -3.66. The van der Waals surface area contributed by atoms with Gasteiger partial charge < -0.3 is 4.74 Å². The standard InChI is InChI=1S/C18H20N2O3S/c1-4-20(16-7-5-15(6-8-16)11-12-19)24(21,22)17-9-10-18(23-3)14(2)13-17/h5-10,13H,4,11H2,1-3H3. The zero-order valence-corrected chi connectivity index (χ0v) is 14.8. The van der Waals surface area contributed by atoms with E-state index < -0.39 is 10.0 Å². The van der Waals surface area contributed by atoms with Crippen molar-refractivity contribution in [1.82, 2.24) is 0 Å². The number of methoxy groups -OCH3 is 1. The van der Waals surface area contributed by atoms with Gasteiger partial charge in [-0.2, -0.15) is 5.26 Å². The summed E-state index contributed by atoms with van der Waals surface area (Å²) in [6.45, 7) is 3.91. The normalized spacial score (nSPS) is 10.9. The van der Waals surface area contributed by atoms with Crippen molar-refractivity contribution in [1.29, 1.82) is 5.26 Å². The topological polar surface area (TPSA) is 70.4 Å². The molecule has 0 atom stereocenters. The van der Waals surface area contributed by atoms with E-state index in [1.165, 1.54) is 4.31 Å². The van der Waals surface area contributed by atoms with Crippen LogP contribution in [-0.2, 0) is 16.4 Å². The van der Waals surface area contributed by atoms with Gasteiger partial charge in [0.25, 0.3) is 10.0 Å². The van der Waals surface area contributed by atoms with Crippen LogP contribution in [0.15, 0.2) is 47.4 Å². The van der Waals surface area contributed by atoms with E-state index in [2.05, 4.69) is 6.07 Å². The molecule has 0 amide bonds. The molecule has 2 aromatic carbocycles. The van der Waals surface area contributed by atoms with Gasteiger partial charge in [0.2, 0.25) is 0 Å². The van der Waals surface area contributed by atoms with Crippen LogP contribution in [0.3, 0.4) is 0 Å². The molecular formula is C18H20N2O3S. The van der Waals surface area contributed by atoms with Gasteiger partial charge in [0.05, 0.1) is 30.2 Å². The quantitative estimate of drug-likeness (QED) is 0.806. The van der Waals surface area contributed by atoms with Crippen molar-refractivity contribution in [3.05, 3.63) is 53.6 Å². The predicted octanol–water partition coefficient (Wildman–Crippen LogP) is 3.28. The van der Waals surface area contributed by atoms with E-state index in [9.17, 15) is 8.42 Å². The average Bonchev–Trinajstić information content (AvgIpc) is 2.57. The molecule has 0 aliphatic heterocycles. The molecule has 0 aromatic heterocycles. The van der Waals surface area contributed by atoms with E-state index in [4.69, 9.17) is 10.00 Å². The van der Waals surface area contributed by atoms with Gasteiger partial charge >= 0.3 is 0 Å². The highest BCUT2D eigenvalue weighted by molar-refractivity contribution is 7.92. The third kappa shape index (κ3) is 3.52. The van der Waals surface area contributed by atoms with Gasteiger partial charge in [-0.1, -0.05) is 12.1 Å². The Bertz CT molecular complexity index is 853. The van der Waals surface area contributed by atoms with E-state index in [0.717, 1.165) is 11.1 Å². The number of hydrogen-bond acceptors (Lipinski definition) is 4. The molecule has 0 saturated heterocycles. The first-order valence-electron chi connectivity index (χ1n) is 7.57. The number of aryl methyl sites for hydroxylation is 1. The summed E-state index contributed by atoms with van der Waals surface area (Å²) in [5.41, 5.74) is 2.20. The molecule has 0 aliphatic rings. The summed E-state index contributed by atoms with van der Waals surface area (Å²) >= 11 is 0. The highest BCUT2D eigenvalue weighted by atomic mass is 32.2. The fourth-order valence-electron chi connectivity index (χ4n) is 2.50. The summed E-state index contributed by atoms with van der Waals surface area (Å²) < 4.78 is 32.5. The average molecular weight is 344 g/mol. The van der Waals surface area contributed by atoms with Crippen LogP contribution in [-0.4, -0.2) is 22.1 Å². The van der Waals surface area contributed by atoms with Crippen molar-refractivity contribution in [2.45, 2.75) is 25.2 Å². The Morgan fingerprint density at radius 1 is 1.17 bits per heavy atom. The molecule has 0 saturated carbocycles. The van der Waals surface area contributed by atoms with Crippen LogP contribution >= 0.6 is 0 Å². The van der Waals surface area contributed by atoms with Gasteiger partial charge in [-0.15, -0.1) is 0 Å². The second kappa shape index (κ2) is 7.37. The van der Waals surface area contributed by atoms with Crippen molar-refractivity contribution in [3.8, 4) is 11.8 Å². The first kappa shape index (κ1) is 17.8. The first-order chi connectivity index (χ1) is 11.4. The van der Waals surface area contributed by atoms with Crippen LogP contribution in [0.1, 0.15) is 18.1 Å². The lowest BCUT2D eigenvalue weighted by Crippen LogP contribution is -2.30. The summed E-state index contributed by atoms with van der Waals surface area (Å²) in [4.78, 5) is 0.226. The smallest absolute Gasteiger partial charge is 0.264 e. The maximum absolute atomic E-state index is 13.0. The molecule has 0 radical (unpaired) electrons. The van der Waals surface area contributed by atoms with Gasteiger partial charge in [0, 0.05) is 6.54 Å². The Labute approximate surface area is 143 Å². The minimum absolute atomic E-state index is 0.226. The van der Waals surface area contributed by atoms with Crippen LogP contribution < -0.4 is 9.04 Å².